The van der Waals surface area contributed by atoms with E-state index in [0.717, 1.165) is 6.42 Å². The Kier molecular flexibility index (Phi) is 7.60. The number of benzene rings is 3. The fraction of sp³-hybridized carbons (Fsp3) is 0.100. The van der Waals surface area contributed by atoms with Crippen LogP contribution in [0.3, 0.4) is 0 Å². The molecule has 0 saturated heterocycles. The molecule has 0 bridgehead atoms. The van der Waals surface area contributed by atoms with Gasteiger partial charge in [-0.3, -0.25) is 0 Å². The van der Waals surface area contributed by atoms with E-state index in [0.29, 0.717) is 6.61 Å². The minimum atomic E-state index is -0.761. The third kappa shape index (κ3) is 5.35. The SMILES string of the molecule is [Li+].[c-]1ccccc1CCOP(c1ccccc1)c1ccccc1. The van der Waals surface area contributed by atoms with Crippen LogP contribution < -0.4 is 29.5 Å². The maximum Gasteiger partial charge on any atom is 1.00 e. The van der Waals surface area contributed by atoms with Gasteiger partial charge in [0.15, 0.2) is 0 Å². The Morgan fingerprint density at radius 1 is 0.739 bits per heavy atom. The summed E-state index contributed by atoms with van der Waals surface area (Å²) in [6, 6.07) is 32.3. The molecule has 0 aliphatic heterocycles. The number of hydrogen-bond acceptors (Lipinski definition) is 1. The van der Waals surface area contributed by atoms with Gasteiger partial charge in [-0.1, -0.05) is 60.7 Å². The second-order valence-electron chi connectivity index (χ2n) is 4.94. The number of hydrogen-bond donors (Lipinski definition) is 0. The molecule has 3 aromatic rings. The van der Waals surface area contributed by atoms with Crippen LogP contribution in [0.1, 0.15) is 5.56 Å². The molecule has 110 valence electrons. The molecule has 0 fully saturated rings. The van der Waals surface area contributed by atoms with Gasteiger partial charge >= 0.3 is 18.9 Å². The fourth-order valence-electron chi connectivity index (χ4n) is 2.26. The Balaban J connectivity index is 0.00000192. The van der Waals surface area contributed by atoms with E-state index < -0.39 is 8.15 Å². The van der Waals surface area contributed by atoms with Gasteiger partial charge in [-0.25, -0.2) is 0 Å². The van der Waals surface area contributed by atoms with Crippen molar-refractivity contribution in [2.75, 3.05) is 6.61 Å². The van der Waals surface area contributed by atoms with Gasteiger partial charge < -0.3 is 4.52 Å². The van der Waals surface area contributed by atoms with Gasteiger partial charge in [-0.05, 0) is 6.42 Å². The van der Waals surface area contributed by atoms with Crippen LogP contribution in [0.15, 0.2) is 84.9 Å². The molecule has 0 N–H and O–H groups in total. The first-order valence-corrected chi connectivity index (χ1v) is 8.68. The smallest absolute Gasteiger partial charge is 0.349 e. The average Bonchev–Trinajstić information content (AvgIpc) is 2.61. The van der Waals surface area contributed by atoms with Crippen LogP contribution >= 0.6 is 8.15 Å². The molecule has 0 aliphatic carbocycles. The molecular formula is C20H18LiOP. The summed E-state index contributed by atoms with van der Waals surface area (Å²) >= 11 is 0. The largest absolute Gasteiger partial charge is 1.00 e. The fourth-order valence-corrected chi connectivity index (χ4v) is 4.01. The van der Waals surface area contributed by atoms with Crippen molar-refractivity contribution in [3.8, 4) is 0 Å². The van der Waals surface area contributed by atoms with E-state index in [9.17, 15) is 0 Å². The van der Waals surface area contributed by atoms with Crippen LogP contribution in [0.5, 0.6) is 0 Å². The zero-order chi connectivity index (χ0) is 15.0. The monoisotopic (exact) mass is 312 g/mol. The van der Waals surface area contributed by atoms with Crippen molar-refractivity contribution in [3.63, 3.8) is 0 Å². The van der Waals surface area contributed by atoms with Crippen molar-refractivity contribution in [1.29, 1.82) is 0 Å². The van der Waals surface area contributed by atoms with Crippen LogP contribution in [0.4, 0.5) is 0 Å². The van der Waals surface area contributed by atoms with Crippen LogP contribution in [-0.4, -0.2) is 6.61 Å². The molecule has 0 atom stereocenters. The normalized spacial score (nSPS) is 10.3. The van der Waals surface area contributed by atoms with Crippen molar-refractivity contribution in [2.45, 2.75) is 6.42 Å². The molecule has 3 rings (SSSR count). The third-order valence-corrected chi connectivity index (χ3v) is 5.32. The summed E-state index contributed by atoms with van der Waals surface area (Å²) in [4.78, 5) is 0. The van der Waals surface area contributed by atoms with E-state index >= 15 is 0 Å². The molecule has 0 spiro atoms. The third-order valence-electron chi connectivity index (χ3n) is 3.35. The topological polar surface area (TPSA) is 9.23 Å². The van der Waals surface area contributed by atoms with Crippen molar-refractivity contribution in [2.24, 2.45) is 0 Å². The quantitative estimate of drug-likeness (QED) is 0.376. The first-order valence-electron chi connectivity index (χ1n) is 7.42. The standard InChI is InChI=1S/C20H18OP.Li/c1-4-10-18(11-5-1)16-17-21-22(19-12-6-2-7-13-19)20-14-8-3-9-15-20;/h1-10,12-15H,16-17H2;/q-1;+1. The van der Waals surface area contributed by atoms with Crippen molar-refractivity contribution >= 4 is 18.8 Å². The first kappa shape index (κ1) is 18.0. The van der Waals surface area contributed by atoms with Crippen LogP contribution in [0, 0.1) is 6.07 Å². The molecule has 0 amide bonds. The maximum absolute atomic E-state index is 6.26. The van der Waals surface area contributed by atoms with Gasteiger partial charge in [0.1, 0.15) is 0 Å². The minimum Gasteiger partial charge on any atom is -0.349 e. The van der Waals surface area contributed by atoms with Gasteiger partial charge in [0.2, 0.25) is 0 Å². The summed E-state index contributed by atoms with van der Waals surface area (Å²) in [7, 11) is -0.761. The van der Waals surface area contributed by atoms with Gasteiger partial charge in [-0.15, -0.1) is 0 Å². The van der Waals surface area contributed by atoms with Crippen LogP contribution in [-0.2, 0) is 10.9 Å². The molecule has 3 heteroatoms. The Labute approximate surface area is 151 Å². The van der Waals surface area contributed by atoms with Crippen molar-refractivity contribution in [3.05, 3.63) is 96.6 Å². The second kappa shape index (κ2) is 9.71. The van der Waals surface area contributed by atoms with Crippen molar-refractivity contribution < 1.29 is 23.4 Å². The van der Waals surface area contributed by atoms with Gasteiger partial charge in [-0.2, -0.15) is 35.9 Å². The molecule has 1 nitrogen and oxygen atoms in total. The Morgan fingerprint density at radius 3 is 1.83 bits per heavy atom. The summed E-state index contributed by atoms with van der Waals surface area (Å²) in [5.41, 5.74) is 1.19. The molecule has 0 aliphatic rings. The van der Waals surface area contributed by atoms with Gasteiger partial charge in [0, 0.05) is 10.6 Å². The van der Waals surface area contributed by atoms with E-state index in [-0.39, 0.29) is 18.9 Å². The summed E-state index contributed by atoms with van der Waals surface area (Å²) in [5.74, 6) is 0. The van der Waals surface area contributed by atoms with Gasteiger partial charge in [0.25, 0.3) is 0 Å². The Bertz CT molecular complexity index is 634. The molecule has 0 heterocycles. The molecule has 23 heavy (non-hydrogen) atoms. The molecule has 3 aromatic carbocycles. The van der Waals surface area contributed by atoms with E-state index in [1.165, 1.54) is 16.2 Å². The molecule has 0 radical (unpaired) electrons. The predicted molar refractivity (Wildman–Crippen MR) is 94.0 cm³/mol. The van der Waals surface area contributed by atoms with E-state index in [2.05, 4.69) is 60.7 Å². The zero-order valence-corrected chi connectivity index (χ0v) is 14.2. The predicted octanol–water partition coefficient (Wildman–Crippen LogP) is 1.10. The molecule has 0 unspecified atom stereocenters. The Hall–Kier alpha value is -1.35. The van der Waals surface area contributed by atoms with Crippen LogP contribution in [0.25, 0.3) is 0 Å². The zero-order valence-electron chi connectivity index (χ0n) is 13.4. The maximum atomic E-state index is 6.26. The van der Waals surface area contributed by atoms with Crippen LogP contribution in [0.2, 0.25) is 0 Å². The average molecular weight is 312 g/mol. The van der Waals surface area contributed by atoms with E-state index in [1.807, 2.05) is 30.3 Å². The summed E-state index contributed by atoms with van der Waals surface area (Å²) in [6.07, 6.45) is 0.888. The first-order chi connectivity index (χ1) is 10.9. The van der Waals surface area contributed by atoms with Gasteiger partial charge in [0.05, 0.1) is 14.8 Å². The molecular weight excluding hydrogens is 294 g/mol. The summed E-state index contributed by atoms with van der Waals surface area (Å²) in [5, 5.41) is 2.50. The number of rotatable bonds is 6. The minimum absolute atomic E-state index is 0. The summed E-state index contributed by atoms with van der Waals surface area (Å²) in [6.45, 7) is 0.704. The summed E-state index contributed by atoms with van der Waals surface area (Å²) < 4.78 is 6.26. The van der Waals surface area contributed by atoms with E-state index in [1.54, 1.807) is 0 Å². The van der Waals surface area contributed by atoms with Crippen molar-refractivity contribution in [1.82, 2.24) is 0 Å². The molecule has 0 saturated carbocycles. The molecule has 0 aromatic heterocycles. The second-order valence-corrected chi connectivity index (χ2v) is 6.82. The Morgan fingerprint density at radius 2 is 1.30 bits per heavy atom. The van der Waals surface area contributed by atoms with E-state index in [4.69, 9.17) is 4.52 Å².